The number of imidazole rings is 1. The molecule has 2 aromatic carbocycles. The van der Waals surface area contributed by atoms with Crippen LogP contribution in [0.4, 0.5) is 5.95 Å². The molecule has 3 aromatic rings. The van der Waals surface area contributed by atoms with Crippen LogP contribution in [0.2, 0.25) is 0 Å². The fourth-order valence-corrected chi connectivity index (χ4v) is 3.02. The number of hydrogen-bond acceptors (Lipinski definition) is 3. The van der Waals surface area contributed by atoms with Gasteiger partial charge in [-0.05, 0) is 43.5 Å². The van der Waals surface area contributed by atoms with Crippen LogP contribution in [-0.2, 0) is 22.5 Å². The third-order valence-electron chi connectivity index (χ3n) is 4.39. The molecule has 1 amide bonds. The molecule has 0 spiro atoms. The molecule has 5 nitrogen and oxygen atoms in total. The molecule has 0 aliphatic heterocycles. The fourth-order valence-electron chi connectivity index (χ4n) is 3.02. The Kier molecular flexibility index (Phi) is 6.02. The molecule has 0 saturated carbocycles. The number of para-hydroxylation sites is 2. The summed E-state index contributed by atoms with van der Waals surface area (Å²) in [5.74, 6) is 0.543. The molecule has 0 fully saturated rings. The van der Waals surface area contributed by atoms with Gasteiger partial charge in [0.15, 0.2) is 0 Å². The van der Waals surface area contributed by atoms with Crippen molar-refractivity contribution < 1.29 is 9.53 Å². The van der Waals surface area contributed by atoms with Gasteiger partial charge in [0.2, 0.25) is 11.9 Å². The Hall–Kier alpha value is -2.66. The van der Waals surface area contributed by atoms with E-state index in [9.17, 15) is 4.79 Å². The van der Waals surface area contributed by atoms with Gasteiger partial charge in [-0.2, -0.15) is 0 Å². The van der Waals surface area contributed by atoms with E-state index in [1.807, 2.05) is 62.4 Å². The van der Waals surface area contributed by atoms with Gasteiger partial charge in [0.05, 0.1) is 17.5 Å². The zero-order chi connectivity index (χ0) is 18.4. The van der Waals surface area contributed by atoms with E-state index in [-0.39, 0.29) is 5.91 Å². The van der Waals surface area contributed by atoms with Gasteiger partial charge in [0.1, 0.15) is 0 Å². The first-order valence-electron chi connectivity index (χ1n) is 9.06. The molecule has 0 saturated heterocycles. The minimum absolute atomic E-state index is 0.0549. The summed E-state index contributed by atoms with van der Waals surface area (Å²) in [6.07, 6.45) is 1.21. The summed E-state index contributed by atoms with van der Waals surface area (Å²) in [7, 11) is 0. The van der Waals surface area contributed by atoms with Crippen LogP contribution < -0.4 is 5.32 Å². The smallest absolute Gasteiger partial charge is 0.231 e. The fraction of sp³-hybridized carbons (Fsp3) is 0.333. The number of nitrogens with zero attached hydrogens (tertiary/aromatic N) is 2. The molecule has 0 bridgehead atoms. The largest absolute Gasteiger partial charge is 0.382 e. The topological polar surface area (TPSA) is 56.1 Å². The second-order valence-corrected chi connectivity index (χ2v) is 6.28. The van der Waals surface area contributed by atoms with Crippen molar-refractivity contribution in [3.8, 4) is 0 Å². The van der Waals surface area contributed by atoms with Crippen LogP contribution in [0.25, 0.3) is 11.0 Å². The van der Waals surface area contributed by atoms with Crippen LogP contribution in [0.1, 0.15) is 24.5 Å². The Bertz CT molecular complexity index is 886. The van der Waals surface area contributed by atoms with Crippen LogP contribution in [0.3, 0.4) is 0 Å². The van der Waals surface area contributed by atoms with E-state index in [4.69, 9.17) is 4.74 Å². The number of anilines is 1. The van der Waals surface area contributed by atoms with Gasteiger partial charge in [0.25, 0.3) is 0 Å². The molecule has 136 valence electrons. The predicted molar refractivity (Wildman–Crippen MR) is 104 cm³/mol. The van der Waals surface area contributed by atoms with E-state index in [0.29, 0.717) is 25.6 Å². The molecular formula is C21H25N3O2. The average Bonchev–Trinajstić information content (AvgIpc) is 2.98. The highest BCUT2D eigenvalue weighted by Gasteiger charge is 2.14. The zero-order valence-corrected chi connectivity index (χ0v) is 15.4. The zero-order valence-electron chi connectivity index (χ0n) is 15.4. The summed E-state index contributed by atoms with van der Waals surface area (Å²) in [6, 6.07) is 15.9. The van der Waals surface area contributed by atoms with E-state index in [1.165, 1.54) is 0 Å². The maximum atomic E-state index is 12.6. The average molecular weight is 351 g/mol. The van der Waals surface area contributed by atoms with Crippen LogP contribution in [0, 0.1) is 6.92 Å². The summed E-state index contributed by atoms with van der Waals surface area (Å²) in [6.45, 7) is 6.17. The number of aryl methyl sites for hydroxylation is 2. The van der Waals surface area contributed by atoms with Crippen molar-refractivity contribution in [2.24, 2.45) is 0 Å². The monoisotopic (exact) mass is 351 g/mol. The molecule has 1 aromatic heterocycles. The Morgan fingerprint density at radius 3 is 2.73 bits per heavy atom. The normalized spacial score (nSPS) is 11.0. The van der Waals surface area contributed by atoms with Gasteiger partial charge in [-0.25, -0.2) is 4.98 Å². The molecule has 5 heteroatoms. The molecule has 26 heavy (non-hydrogen) atoms. The number of benzene rings is 2. The lowest BCUT2D eigenvalue weighted by Crippen LogP contribution is -2.18. The molecular weight excluding hydrogens is 326 g/mol. The molecule has 0 unspecified atom stereocenters. The Labute approximate surface area is 154 Å². The number of carbonyl (C=O) groups is 1. The van der Waals surface area contributed by atoms with Gasteiger partial charge in [-0.1, -0.05) is 36.4 Å². The first-order chi connectivity index (χ1) is 12.7. The van der Waals surface area contributed by atoms with Gasteiger partial charge >= 0.3 is 0 Å². The summed E-state index contributed by atoms with van der Waals surface area (Å²) in [5.41, 5.74) is 4.06. The number of hydrogen-bond donors (Lipinski definition) is 1. The van der Waals surface area contributed by atoms with Crippen LogP contribution in [-0.4, -0.2) is 28.7 Å². The van der Waals surface area contributed by atoms with Crippen LogP contribution in [0.15, 0.2) is 48.5 Å². The lowest BCUT2D eigenvalue weighted by Gasteiger charge is -2.11. The standard InChI is InChI=1S/C21H25N3O2/c1-3-26-14-8-13-24-19-12-7-6-11-18(19)22-21(24)23-20(25)15-17-10-5-4-9-16(17)2/h4-7,9-12H,3,8,13-15H2,1-2H3,(H,22,23,25). The number of ether oxygens (including phenoxy) is 1. The first kappa shape index (κ1) is 18.1. The SMILES string of the molecule is CCOCCCn1c(NC(=O)Cc2ccccc2C)nc2ccccc21. The van der Waals surface area contributed by atoms with Gasteiger partial charge in [0, 0.05) is 19.8 Å². The molecule has 1 N–H and O–H groups in total. The maximum absolute atomic E-state index is 12.6. The van der Waals surface area contributed by atoms with Crippen molar-refractivity contribution in [2.75, 3.05) is 18.5 Å². The number of nitrogens with one attached hydrogen (secondary N) is 1. The van der Waals surface area contributed by atoms with Gasteiger partial charge < -0.3 is 9.30 Å². The Morgan fingerprint density at radius 1 is 1.15 bits per heavy atom. The van der Waals surface area contributed by atoms with E-state index in [0.717, 1.165) is 35.1 Å². The lowest BCUT2D eigenvalue weighted by atomic mass is 10.1. The molecule has 1 heterocycles. The number of fused-ring (bicyclic) bond motifs is 1. The summed E-state index contributed by atoms with van der Waals surface area (Å²) in [5, 5.41) is 2.99. The van der Waals surface area contributed by atoms with E-state index >= 15 is 0 Å². The van der Waals surface area contributed by atoms with Crippen molar-refractivity contribution in [2.45, 2.75) is 33.2 Å². The van der Waals surface area contributed by atoms with Crippen molar-refractivity contribution in [3.05, 3.63) is 59.7 Å². The molecule has 0 aliphatic carbocycles. The Balaban J connectivity index is 1.77. The quantitative estimate of drug-likeness (QED) is 0.625. The number of aromatic nitrogens is 2. The highest BCUT2D eigenvalue weighted by molar-refractivity contribution is 5.93. The highest BCUT2D eigenvalue weighted by Crippen LogP contribution is 2.20. The molecule has 3 rings (SSSR count). The molecule has 0 radical (unpaired) electrons. The third-order valence-corrected chi connectivity index (χ3v) is 4.39. The predicted octanol–water partition coefficient (Wildman–Crippen LogP) is 3.95. The first-order valence-corrected chi connectivity index (χ1v) is 9.06. The number of carbonyl (C=O) groups excluding carboxylic acids is 1. The van der Waals surface area contributed by atoms with Crippen molar-refractivity contribution >= 4 is 22.9 Å². The summed E-state index contributed by atoms with van der Waals surface area (Å²) >= 11 is 0. The summed E-state index contributed by atoms with van der Waals surface area (Å²) < 4.78 is 7.50. The van der Waals surface area contributed by atoms with Crippen molar-refractivity contribution in [3.63, 3.8) is 0 Å². The number of rotatable bonds is 8. The molecule has 0 atom stereocenters. The maximum Gasteiger partial charge on any atom is 0.231 e. The van der Waals surface area contributed by atoms with Crippen molar-refractivity contribution in [1.82, 2.24) is 9.55 Å². The van der Waals surface area contributed by atoms with E-state index in [2.05, 4.69) is 14.9 Å². The van der Waals surface area contributed by atoms with E-state index < -0.39 is 0 Å². The minimum atomic E-state index is -0.0549. The van der Waals surface area contributed by atoms with Crippen molar-refractivity contribution in [1.29, 1.82) is 0 Å². The second-order valence-electron chi connectivity index (χ2n) is 6.28. The third kappa shape index (κ3) is 4.29. The van der Waals surface area contributed by atoms with Gasteiger partial charge in [-0.3, -0.25) is 10.1 Å². The van der Waals surface area contributed by atoms with Crippen LogP contribution in [0.5, 0.6) is 0 Å². The highest BCUT2D eigenvalue weighted by atomic mass is 16.5. The summed E-state index contributed by atoms with van der Waals surface area (Å²) in [4.78, 5) is 17.2. The van der Waals surface area contributed by atoms with Crippen LogP contribution >= 0.6 is 0 Å². The second kappa shape index (κ2) is 8.63. The molecule has 0 aliphatic rings. The van der Waals surface area contributed by atoms with E-state index in [1.54, 1.807) is 0 Å². The minimum Gasteiger partial charge on any atom is -0.382 e. The lowest BCUT2D eigenvalue weighted by molar-refractivity contribution is -0.115. The van der Waals surface area contributed by atoms with Gasteiger partial charge in [-0.15, -0.1) is 0 Å². The number of amides is 1. The Morgan fingerprint density at radius 2 is 1.92 bits per heavy atom.